The van der Waals surface area contributed by atoms with Gasteiger partial charge in [-0.25, -0.2) is 14.8 Å². The SMILES string of the molecule is CC(=O)N1CC2(CCN(C(=O)Nc3cnc(-c4ccccc4)nc3)CC2)c2ccccc21. The Morgan fingerprint density at radius 2 is 1.59 bits per heavy atom. The van der Waals surface area contributed by atoms with Crippen molar-refractivity contribution in [1.29, 1.82) is 0 Å². The van der Waals surface area contributed by atoms with Gasteiger partial charge in [-0.15, -0.1) is 0 Å². The second-order valence-corrected chi connectivity index (χ2v) is 8.48. The Labute approximate surface area is 187 Å². The van der Waals surface area contributed by atoms with Gasteiger partial charge in [-0.2, -0.15) is 0 Å². The minimum Gasteiger partial charge on any atom is -0.324 e. The third-order valence-electron chi connectivity index (χ3n) is 6.55. The van der Waals surface area contributed by atoms with Gasteiger partial charge in [0.05, 0.1) is 18.1 Å². The number of benzene rings is 2. The first-order valence-corrected chi connectivity index (χ1v) is 10.9. The van der Waals surface area contributed by atoms with E-state index in [4.69, 9.17) is 0 Å². The summed E-state index contributed by atoms with van der Waals surface area (Å²) in [6, 6.07) is 17.7. The molecule has 1 fully saturated rings. The van der Waals surface area contributed by atoms with Crippen molar-refractivity contribution in [3.8, 4) is 11.4 Å². The summed E-state index contributed by atoms with van der Waals surface area (Å²) in [5, 5.41) is 2.91. The van der Waals surface area contributed by atoms with Gasteiger partial charge in [0, 0.05) is 43.2 Å². The van der Waals surface area contributed by atoms with E-state index >= 15 is 0 Å². The summed E-state index contributed by atoms with van der Waals surface area (Å²) in [6.45, 7) is 3.57. The van der Waals surface area contributed by atoms with Gasteiger partial charge in [-0.05, 0) is 24.5 Å². The van der Waals surface area contributed by atoms with E-state index in [-0.39, 0.29) is 17.4 Å². The van der Waals surface area contributed by atoms with Crippen LogP contribution in [0.15, 0.2) is 67.0 Å². The van der Waals surface area contributed by atoms with Crippen LogP contribution in [0.4, 0.5) is 16.2 Å². The van der Waals surface area contributed by atoms with Crippen molar-refractivity contribution in [2.75, 3.05) is 29.9 Å². The minimum atomic E-state index is -0.148. The molecule has 0 aliphatic carbocycles. The number of para-hydroxylation sites is 1. The van der Waals surface area contributed by atoms with Gasteiger partial charge in [0.1, 0.15) is 0 Å². The van der Waals surface area contributed by atoms with Crippen LogP contribution in [0.3, 0.4) is 0 Å². The molecular weight excluding hydrogens is 402 g/mol. The van der Waals surface area contributed by atoms with Gasteiger partial charge < -0.3 is 15.1 Å². The zero-order chi connectivity index (χ0) is 22.1. The van der Waals surface area contributed by atoms with E-state index in [2.05, 4.69) is 21.4 Å². The second kappa shape index (κ2) is 8.07. The summed E-state index contributed by atoms with van der Waals surface area (Å²) in [7, 11) is 0. The van der Waals surface area contributed by atoms with Crippen molar-refractivity contribution in [1.82, 2.24) is 14.9 Å². The topological polar surface area (TPSA) is 78.4 Å². The van der Waals surface area contributed by atoms with Gasteiger partial charge in [0.25, 0.3) is 0 Å². The standard InChI is InChI=1S/C25H25N5O2/c1-18(31)30-17-25(21-9-5-6-10-22(21)30)11-13-29(14-12-25)24(32)28-20-15-26-23(27-16-20)19-7-3-2-4-8-19/h2-10,15-16H,11-14,17H2,1H3,(H,28,32). The van der Waals surface area contributed by atoms with E-state index in [1.807, 2.05) is 58.3 Å². The highest BCUT2D eigenvalue weighted by atomic mass is 16.2. The summed E-state index contributed by atoms with van der Waals surface area (Å²) in [5.41, 5.74) is 3.65. The molecule has 1 spiro atoms. The lowest BCUT2D eigenvalue weighted by Gasteiger charge is -2.39. The molecule has 3 heterocycles. The molecule has 0 saturated carbocycles. The molecule has 0 bridgehead atoms. The number of rotatable bonds is 2. The zero-order valence-electron chi connectivity index (χ0n) is 18.0. The van der Waals surface area contributed by atoms with Crippen LogP contribution < -0.4 is 10.2 Å². The fourth-order valence-electron chi connectivity index (χ4n) is 4.81. The Bertz CT molecular complexity index is 1140. The average Bonchev–Trinajstić information content (AvgIpc) is 3.15. The van der Waals surface area contributed by atoms with Gasteiger partial charge in [-0.3, -0.25) is 4.79 Å². The average molecular weight is 428 g/mol. The Morgan fingerprint density at radius 1 is 0.938 bits per heavy atom. The van der Waals surface area contributed by atoms with Crippen LogP contribution in [0.25, 0.3) is 11.4 Å². The smallest absolute Gasteiger partial charge is 0.321 e. The van der Waals surface area contributed by atoms with Gasteiger partial charge in [0.2, 0.25) is 5.91 Å². The summed E-state index contributed by atoms with van der Waals surface area (Å²) in [4.78, 5) is 37.4. The molecule has 0 atom stereocenters. The Hall–Kier alpha value is -3.74. The van der Waals surface area contributed by atoms with E-state index in [9.17, 15) is 9.59 Å². The monoisotopic (exact) mass is 427 g/mol. The van der Waals surface area contributed by atoms with Crippen LogP contribution in [-0.4, -0.2) is 46.4 Å². The third kappa shape index (κ3) is 3.60. The fraction of sp³-hybridized carbons (Fsp3) is 0.280. The maximum Gasteiger partial charge on any atom is 0.321 e. The highest BCUT2D eigenvalue weighted by Gasteiger charge is 2.46. The maximum absolute atomic E-state index is 12.8. The quantitative estimate of drug-likeness (QED) is 0.669. The Balaban J connectivity index is 1.24. The van der Waals surface area contributed by atoms with E-state index in [0.717, 1.165) is 24.1 Å². The van der Waals surface area contributed by atoms with Crippen LogP contribution in [0.5, 0.6) is 0 Å². The molecular formula is C25H25N5O2. The highest BCUT2D eigenvalue weighted by molar-refractivity contribution is 5.95. The van der Waals surface area contributed by atoms with E-state index in [1.165, 1.54) is 5.56 Å². The number of nitrogens with one attached hydrogen (secondary N) is 1. The summed E-state index contributed by atoms with van der Waals surface area (Å²) in [5.74, 6) is 0.687. The molecule has 2 aliphatic rings. The molecule has 2 aromatic carbocycles. The van der Waals surface area contributed by atoms with E-state index in [0.29, 0.717) is 31.1 Å². The molecule has 7 heteroatoms. The van der Waals surface area contributed by atoms with Crippen molar-refractivity contribution in [2.45, 2.75) is 25.2 Å². The van der Waals surface area contributed by atoms with E-state index in [1.54, 1.807) is 19.3 Å². The molecule has 1 aromatic heterocycles. The van der Waals surface area contributed by atoms with Crippen molar-refractivity contribution in [3.05, 3.63) is 72.6 Å². The molecule has 2 aliphatic heterocycles. The lowest BCUT2D eigenvalue weighted by Crippen LogP contribution is -2.48. The normalized spacial score (nSPS) is 16.7. The number of carbonyl (C=O) groups excluding carboxylic acids is 2. The number of nitrogens with zero attached hydrogens (tertiary/aromatic N) is 4. The van der Waals surface area contributed by atoms with E-state index < -0.39 is 0 Å². The minimum absolute atomic E-state index is 0.0634. The van der Waals surface area contributed by atoms with Crippen LogP contribution in [0, 0.1) is 0 Å². The number of carbonyl (C=O) groups is 2. The number of anilines is 2. The van der Waals surface area contributed by atoms with Crippen molar-refractivity contribution >= 4 is 23.3 Å². The molecule has 1 saturated heterocycles. The molecule has 0 unspecified atom stereocenters. The first-order valence-electron chi connectivity index (χ1n) is 10.9. The Morgan fingerprint density at radius 3 is 2.28 bits per heavy atom. The predicted molar refractivity (Wildman–Crippen MR) is 123 cm³/mol. The maximum atomic E-state index is 12.8. The van der Waals surface area contributed by atoms with Crippen LogP contribution in [-0.2, 0) is 10.2 Å². The second-order valence-electron chi connectivity index (χ2n) is 8.48. The molecule has 162 valence electrons. The van der Waals surface area contributed by atoms with Crippen molar-refractivity contribution in [3.63, 3.8) is 0 Å². The number of hydrogen-bond donors (Lipinski definition) is 1. The van der Waals surface area contributed by atoms with Crippen LogP contribution >= 0.6 is 0 Å². The molecule has 1 N–H and O–H groups in total. The summed E-state index contributed by atoms with van der Waals surface area (Å²) in [6.07, 6.45) is 4.92. The first-order chi connectivity index (χ1) is 15.6. The first kappa shape index (κ1) is 20.2. The number of piperidine rings is 1. The molecule has 3 aromatic rings. The summed E-state index contributed by atoms with van der Waals surface area (Å²) >= 11 is 0. The predicted octanol–water partition coefficient (Wildman–Crippen LogP) is 4.08. The lowest BCUT2D eigenvalue weighted by atomic mass is 9.74. The number of likely N-dealkylation sites (tertiary alicyclic amines) is 1. The number of aromatic nitrogens is 2. The number of amides is 3. The number of hydrogen-bond acceptors (Lipinski definition) is 4. The number of fused-ring (bicyclic) bond motifs is 2. The van der Waals surface area contributed by atoms with Gasteiger partial charge in [-0.1, -0.05) is 48.5 Å². The lowest BCUT2D eigenvalue weighted by molar-refractivity contribution is -0.116. The Kier molecular flexibility index (Phi) is 5.09. The fourth-order valence-corrected chi connectivity index (χ4v) is 4.81. The van der Waals surface area contributed by atoms with Crippen LogP contribution in [0.2, 0.25) is 0 Å². The molecule has 7 nitrogen and oxygen atoms in total. The summed E-state index contributed by atoms with van der Waals surface area (Å²) < 4.78 is 0. The van der Waals surface area contributed by atoms with Crippen LogP contribution in [0.1, 0.15) is 25.3 Å². The van der Waals surface area contributed by atoms with Crippen molar-refractivity contribution < 1.29 is 9.59 Å². The molecule has 5 rings (SSSR count). The molecule has 0 radical (unpaired) electrons. The van der Waals surface area contributed by atoms with Gasteiger partial charge in [0.15, 0.2) is 5.82 Å². The molecule has 3 amide bonds. The highest BCUT2D eigenvalue weighted by Crippen LogP contribution is 2.46. The number of urea groups is 1. The van der Waals surface area contributed by atoms with Gasteiger partial charge >= 0.3 is 6.03 Å². The zero-order valence-corrected chi connectivity index (χ0v) is 18.0. The largest absolute Gasteiger partial charge is 0.324 e. The van der Waals surface area contributed by atoms with Crippen molar-refractivity contribution in [2.24, 2.45) is 0 Å². The third-order valence-corrected chi connectivity index (χ3v) is 6.55. The molecule has 32 heavy (non-hydrogen) atoms.